The van der Waals surface area contributed by atoms with Gasteiger partial charge in [0.25, 0.3) is 0 Å². The summed E-state index contributed by atoms with van der Waals surface area (Å²) in [6.45, 7) is -1.36. The van der Waals surface area contributed by atoms with Gasteiger partial charge in [-0.05, 0) is 18.8 Å². The molecule has 5 nitrogen and oxygen atoms in total. The van der Waals surface area contributed by atoms with Gasteiger partial charge in [-0.25, -0.2) is 16.8 Å². The fourth-order valence-electron chi connectivity index (χ4n) is 2.14. The number of halogens is 6. The first kappa shape index (κ1) is 19.5. The first-order valence-electron chi connectivity index (χ1n) is 6.11. The van der Waals surface area contributed by atoms with Gasteiger partial charge in [0.2, 0.25) is 0 Å². The van der Waals surface area contributed by atoms with Crippen molar-refractivity contribution in [3.05, 3.63) is 0 Å². The molecule has 0 unspecified atom stereocenters. The van der Waals surface area contributed by atoms with E-state index < -0.39 is 47.2 Å². The van der Waals surface area contributed by atoms with Crippen LogP contribution in [0.15, 0.2) is 0 Å². The second kappa shape index (κ2) is 6.15. The molecule has 1 aliphatic carbocycles. The molecule has 1 saturated carbocycles. The first-order chi connectivity index (χ1) is 9.71. The Balaban J connectivity index is 3.28. The molecule has 0 radical (unpaired) electrons. The molecular formula is C9H13F6NO4S2. The van der Waals surface area contributed by atoms with Crippen LogP contribution < -0.4 is 0 Å². The normalized spacial score (nSPS) is 19.6. The fourth-order valence-corrected chi connectivity index (χ4v) is 4.95. The zero-order valence-electron chi connectivity index (χ0n) is 11.0. The molecule has 0 atom stereocenters. The van der Waals surface area contributed by atoms with Crippen molar-refractivity contribution in [1.82, 2.24) is 3.71 Å². The fraction of sp³-hybridized carbons (Fsp3) is 1.00. The van der Waals surface area contributed by atoms with Crippen molar-refractivity contribution in [3.8, 4) is 0 Å². The largest absolute Gasteiger partial charge is 0.512 e. The maximum absolute atomic E-state index is 12.5. The summed E-state index contributed by atoms with van der Waals surface area (Å²) < 4.78 is 118. The number of sulfonamides is 2. The van der Waals surface area contributed by atoms with Crippen LogP contribution in [-0.2, 0) is 20.0 Å². The molecule has 0 spiro atoms. The van der Waals surface area contributed by atoms with Crippen LogP contribution >= 0.6 is 0 Å². The van der Waals surface area contributed by atoms with Gasteiger partial charge in [-0.15, -0.1) is 0 Å². The topological polar surface area (TPSA) is 71.5 Å². The molecule has 1 fully saturated rings. The highest BCUT2D eigenvalue weighted by Crippen LogP contribution is 2.37. The van der Waals surface area contributed by atoms with Crippen LogP contribution in [0.3, 0.4) is 0 Å². The molecule has 0 aromatic carbocycles. The predicted molar refractivity (Wildman–Crippen MR) is 63.2 cm³/mol. The van der Waals surface area contributed by atoms with Crippen LogP contribution in [-0.4, -0.2) is 38.1 Å². The Morgan fingerprint density at radius 3 is 1.45 bits per heavy atom. The van der Waals surface area contributed by atoms with E-state index >= 15 is 0 Å². The predicted octanol–water partition coefficient (Wildman–Crippen LogP) is 2.57. The molecule has 13 heteroatoms. The smallest absolute Gasteiger partial charge is 0.202 e. The summed E-state index contributed by atoms with van der Waals surface area (Å²) in [4.78, 5) is 0. The number of hydrogen-bond donors (Lipinski definition) is 0. The van der Waals surface area contributed by atoms with Gasteiger partial charge in [0.1, 0.15) is 0 Å². The highest BCUT2D eigenvalue weighted by atomic mass is 32.3. The van der Waals surface area contributed by atoms with E-state index in [1.165, 1.54) is 0 Å². The van der Waals surface area contributed by atoms with Crippen LogP contribution in [0, 0.1) is 5.92 Å². The zero-order valence-corrected chi connectivity index (χ0v) is 12.6. The van der Waals surface area contributed by atoms with E-state index in [-0.39, 0.29) is 12.8 Å². The van der Waals surface area contributed by atoms with E-state index in [1.807, 2.05) is 0 Å². The van der Waals surface area contributed by atoms with Crippen molar-refractivity contribution in [2.24, 2.45) is 5.92 Å². The molecule has 0 aromatic rings. The maximum atomic E-state index is 12.5. The summed E-state index contributed by atoms with van der Waals surface area (Å²) in [6, 6.07) is 0. The third kappa shape index (κ3) is 3.85. The van der Waals surface area contributed by atoms with Crippen molar-refractivity contribution in [2.75, 3.05) is 6.54 Å². The lowest BCUT2D eigenvalue weighted by Crippen LogP contribution is -2.51. The molecule has 0 amide bonds. The minimum Gasteiger partial charge on any atom is -0.202 e. The standard InChI is InChI=1S/C9H13F6NO4S2/c10-8(11,12)21(17,18)16(22(19,20)9(13,14)15)6-7-4-2-1-3-5-7/h7H,1-6H2. The summed E-state index contributed by atoms with van der Waals surface area (Å²) in [5.41, 5.74) is -12.3. The summed E-state index contributed by atoms with van der Waals surface area (Å²) in [5.74, 6) is -0.872. The van der Waals surface area contributed by atoms with Crippen molar-refractivity contribution in [3.63, 3.8) is 0 Å². The average molecular weight is 377 g/mol. The molecule has 1 rings (SSSR count). The van der Waals surface area contributed by atoms with Crippen LogP contribution in [0.25, 0.3) is 0 Å². The zero-order chi connectivity index (χ0) is 17.4. The summed E-state index contributed by atoms with van der Waals surface area (Å²) in [6.07, 6.45) is 2.00. The van der Waals surface area contributed by atoms with Gasteiger partial charge in [0.15, 0.2) is 0 Å². The Kier molecular flexibility index (Phi) is 5.45. The van der Waals surface area contributed by atoms with E-state index in [9.17, 15) is 43.2 Å². The molecule has 0 aromatic heterocycles. The van der Waals surface area contributed by atoms with Gasteiger partial charge in [-0.2, -0.15) is 26.3 Å². The minimum absolute atomic E-state index is 0.164. The Morgan fingerprint density at radius 1 is 0.773 bits per heavy atom. The van der Waals surface area contributed by atoms with Crippen LogP contribution in [0.2, 0.25) is 0 Å². The Bertz CT molecular complexity index is 545. The lowest BCUT2D eigenvalue weighted by Gasteiger charge is -2.29. The van der Waals surface area contributed by atoms with Gasteiger partial charge < -0.3 is 0 Å². The average Bonchev–Trinajstić information content (AvgIpc) is 2.34. The number of hydrogen-bond acceptors (Lipinski definition) is 4. The molecular weight excluding hydrogens is 364 g/mol. The van der Waals surface area contributed by atoms with Crippen molar-refractivity contribution in [2.45, 2.75) is 43.1 Å². The third-order valence-electron chi connectivity index (χ3n) is 3.25. The third-order valence-corrected chi connectivity index (χ3v) is 6.97. The minimum atomic E-state index is -6.65. The highest BCUT2D eigenvalue weighted by molar-refractivity contribution is 8.04. The Labute approximate surface area is 123 Å². The van der Waals surface area contributed by atoms with Gasteiger partial charge in [-0.3, -0.25) is 0 Å². The van der Waals surface area contributed by atoms with E-state index in [2.05, 4.69) is 0 Å². The lowest BCUT2D eigenvalue weighted by atomic mass is 9.89. The maximum Gasteiger partial charge on any atom is 0.512 e. The van der Waals surface area contributed by atoms with E-state index in [1.54, 1.807) is 0 Å². The van der Waals surface area contributed by atoms with Gasteiger partial charge >= 0.3 is 31.1 Å². The SMILES string of the molecule is O=S(=O)(N(CC1CCCCC1)S(=O)(=O)C(F)(F)F)C(F)(F)F. The van der Waals surface area contributed by atoms with Crippen LogP contribution in [0.4, 0.5) is 26.3 Å². The second-order valence-electron chi connectivity index (χ2n) is 4.86. The van der Waals surface area contributed by atoms with E-state index in [0.29, 0.717) is 19.3 Å². The Hall–Kier alpha value is -0.560. The number of nitrogens with zero attached hydrogens (tertiary/aromatic N) is 1. The molecule has 0 heterocycles. The van der Waals surface area contributed by atoms with Crippen molar-refractivity contribution >= 4 is 20.0 Å². The molecule has 22 heavy (non-hydrogen) atoms. The van der Waals surface area contributed by atoms with Crippen molar-refractivity contribution in [1.29, 1.82) is 0 Å². The lowest BCUT2D eigenvalue weighted by molar-refractivity contribution is -0.0536. The molecule has 0 N–H and O–H groups in total. The first-order valence-corrected chi connectivity index (χ1v) is 9.00. The van der Waals surface area contributed by atoms with Gasteiger partial charge in [0, 0.05) is 6.54 Å². The molecule has 0 saturated heterocycles. The highest BCUT2D eigenvalue weighted by Gasteiger charge is 2.61. The second-order valence-corrected chi connectivity index (χ2v) is 8.80. The van der Waals surface area contributed by atoms with Crippen LogP contribution in [0.5, 0.6) is 0 Å². The number of alkyl halides is 6. The summed E-state index contributed by atoms with van der Waals surface area (Å²) in [5, 5.41) is 0. The monoisotopic (exact) mass is 377 g/mol. The van der Waals surface area contributed by atoms with Crippen LogP contribution in [0.1, 0.15) is 32.1 Å². The van der Waals surface area contributed by atoms with Gasteiger partial charge in [0.05, 0.1) is 0 Å². The number of rotatable bonds is 4. The quantitative estimate of drug-likeness (QED) is 0.706. The molecule has 0 aliphatic heterocycles. The van der Waals surface area contributed by atoms with E-state index in [4.69, 9.17) is 0 Å². The summed E-state index contributed by atoms with van der Waals surface area (Å²) in [7, 11) is -13.3. The molecule has 1 aliphatic rings. The molecule has 0 bridgehead atoms. The van der Waals surface area contributed by atoms with Gasteiger partial charge in [-0.1, -0.05) is 23.0 Å². The van der Waals surface area contributed by atoms with Crippen molar-refractivity contribution < 1.29 is 43.2 Å². The van der Waals surface area contributed by atoms with E-state index in [0.717, 1.165) is 0 Å². The molecule has 132 valence electrons. The summed E-state index contributed by atoms with van der Waals surface area (Å²) >= 11 is 0. The Morgan fingerprint density at radius 2 is 1.14 bits per heavy atom.